The minimum Gasteiger partial charge on any atom is -0.357 e. The molecule has 2 atom stereocenters. The van der Waals surface area contributed by atoms with Crippen LogP contribution >= 0.6 is 11.6 Å². The number of halogens is 1. The van der Waals surface area contributed by atoms with Crippen LogP contribution in [0.15, 0.2) is 108 Å². The number of hydrogen-bond acceptors (Lipinski definition) is 4. The maximum absolute atomic E-state index is 14.4. The second kappa shape index (κ2) is 11.5. The number of aromatic nitrogens is 1. The monoisotopic (exact) mass is 544 g/mol. The van der Waals surface area contributed by atoms with Gasteiger partial charge in [0.15, 0.2) is 0 Å². The number of benzene rings is 3. The third-order valence-corrected chi connectivity index (χ3v) is 8.55. The van der Waals surface area contributed by atoms with E-state index in [1.165, 1.54) is 4.31 Å². The highest BCUT2D eigenvalue weighted by atomic mass is 35.5. The van der Waals surface area contributed by atoms with E-state index >= 15 is 0 Å². The predicted molar refractivity (Wildman–Crippen MR) is 154 cm³/mol. The van der Waals surface area contributed by atoms with Gasteiger partial charge in [-0.25, -0.2) is 12.7 Å². The van der Waals surface area contributed by atoms with Crippen molar-refractivity contribution in [2.45, 2.75) is 30.9 Å². The van der Waals surface area contributed by atoms with E-state index in [9.17, 15) is 8.42 Å². The SMILES string of the molecule is CCCO[C@@H]1C[C@H](/C=C/c2ccccc2)C=C(c2ccc(Cl)cc2)N1S(=O)(=O)c1cccc2cccnc12. The summed E-state index contributed by atoms with van der Waals surface area (Å²) < 4.78 is 36.5. The average molecular weight is 545 g/mol. The van der Waals surface area contributed by atoms with Crippen molar-refractivity contribution in [1.82, 2.24) is 9.29 Å². The van der Waals surface area contributed by atoms with Gasteiger partial charge in [-0.2, -0.15) is 0 Å². The summed E-state index contributed by atoms with van der Waals surface area (Å²) in [4.78, 5) is 4.57. The van der Waals surface area contributed by atoms with Crippen molar-refractivity contribution in [2.24, 2.45) is 5.92 Å². The van der Waals surface area contributed by atoms with Gasteiger partial charge in [-0.15, -0.1) is 0 Å². The van der Waals surface area contributed by atoms with E-state index in [0.717, 1.165) is 22.9 Å². The Morgan fingerprint density at radius 3 is 2.53 bits per heavy atom. The Kier molecular flexibility index (Phi) is 7.93. The zero-order chi connectivity index (χ0) is 26.5. The van der Waals surface area contributed by atoms with Crippen molar-refractivity contribution in [3.63, 3.8) is 0 Å². The molecule has 0 fully saturated rings. The molecule has 0 N–H and O–H groups in total. The molecule has 5 rings (SSSR count). The summed E-state index contributed by atoms with van der Waals surface area (Å²) in [5.41, 5.74) is 2.82. The van der Waals surface area contributed by atoms with Crippen LogP contribution in [0.2, 0.25) is 5.02 Å². The molecule has 7 heteroatoms. The van der Waals surface area contributed by atoms with E-state index < -0.39 is 16.3 Å². The molecule has 2 heterocycles. The third-order valence-electron chi connectivity index (χ3n) is 6.47. The van der Waals surface area contributed by atoms with Crippen molar-refractivity contribution < 1.29 is 13.2 Å². The first-order valence-corrected chi connectivity index (χ1v) is 14.5. The first kappa shape index (κ1) is 26.2. The zero-order valence-corrected chi connectivity index (χ0v) is 22.6. The quantitative estimate of drug-likeness (QED) is 0.232. The zero-order valence-electron chi connectivity index (χ0n) is 21.1. The maximum Gasteiger partial charge on any atom is 0.268 e. The Morgan fingerprint density at radius 1 is 1.00 bits per heavy atom. The van der Waals surface area contributed by atoms with Crippen molar-refractivity contribution >= 4 is 44.3 Å². The highest BCUT2D eigenvalue weighted by Crippen LogP contribution is 2.39. The molecule has 0 saturated heterocycles. The number of allylic oxidation sites excluding steroid dienone is 2. The lowest BCUT2D eigenvalue weighted by Crippen LogP contribution is -2.44. The fraction of sp³-hybridized carbons (Fsp3) is 0.194. The molecule has 1 aromatic heterocycles. The topological polar surface area (TPSA) is 59.5 Å². The summed E-state index contributed by atoms with van der Waals surface area (Å²) in [7, 11) is -4.05. The summed E-state index contributed by atoms with van der Waals surface area (Å²) in [6.07, 6.45) is 8.35. The molecular weight excluding hydrogens is 516 g/mol. The maximum atomic E-state index is 14.4. The highest BCUT2D eigenvalue weighted by molar-refractivity contribution is 7.89. The predicted octanol–water partition coefficient (Wildman–Crippen LogP) is 7.41. The molecule has 5 nitrogen and oxygen atoms in total. The van der Waals surface area contributed by atoms with Gasteiger partial charge >= 0.3 is 0 Å². The van der Waals surface area contributed by atoms with Gasteiger partial charge in [-0.05, 0) is 41.8 Å². The van der Waals surface area contributed by atoms with Crippen LogP contribution in [0.1, 0.15) is 30.9 Å². The van der Waals surface area contributed by atoms with Crippen LogP contribution in [0.4, 0.5) is 0 Å². The van der Waals surface area contributed by atoms with E-state index in [1.807, 2.05) is 67.6 Å². The number of hydrogen-bond donors (Lipinski definition) is 0. The second-order valence-electron chi connectivity index (χ2n) is 9.19. The van der Waals surface area contributed by atoms with E-state index in [-0.39, 0.29) is 10.8 Å². The minimum atomic E-state index is -4.05. The smallest absolute Gasteiger partial charge is 0.268 e. The van der Waals surface area contributed by atoms with Crippen LogP contribution in [0.25, 0.3) is 22.7 Å². The number of sulfonamides is 1. The number of pyridine rings is 1. The van der Waals surface area contributed by atoms with Crippen LogP contribution in [-0.2, 0) is 14.8 Å². The molecule has 1 aliphatic heterocycles. The van der Waals surface area contributed by atoms with E-state index in [1.54, 1.807) is 36.5 Å². The number of para-hydroxylation sites is 1. The normalized spacial score (nSPS) is 18.2. The van der Waals surface area contributed by atoms with E-state index in [2.05, 4.69) is 17.1 Å². The molecule has 1 aliphatic rings. The first-order chi connectivity index (χ1) is 18.5. The molecule has 0 aliphatic carbocycles. The highest BCUT2D eigenvalue weighted by Gasteiger charge is 2.39. The molecule has 0 spiro atoms. The van der Waals surface area contributed by atoms with Crippen molar-refractivity contribution in [3.8, 4) is 0 Å². The van der Waals surface area contributed by atoms with E-state index in [0.29, 0.717) is 29.3 Å². The standard InChI is InChI=1S/C31H29ClN2O3S/c1-2-20-37-30-22-24(14-13-23-8-4-3-5-9-23)21-28(25-15-17-27(32)18-16-25)34(30)38(35,36)29-12-6-10-26-11-7-19-33-31(26)29/h3-19,21,24,30H,2,20,22H2,1H3/b14-13+/t24-,30-/m1/s1. The fourth-order valence-corrected chi connectivity index (χ4v) is 6.55. The molecule has 0 radical (unpaired) electrons. The Morgan fingerprint density at radius 2 is 1.76 bits per heavy atom. The van der Waals surface area contributed by atoms with Gasteiger partial charge < -0.3 is 4.74 Å². The Hall–Kier alpha value is -3.45. The molecule has 0 saturated carbocycles. The number of fused-ring (bicyclic) bond motifs is 1. The summed E-state index contributed by atoms with van der Waals surface area (Å²) in [6, 6.07) is 26.2. The van der Waals surface area contributed by atoms with Crippen LogP contribution < -0.4 is 0 Å². The second-order valence-corrected chi connectivity index (χ2v) is 11.4. The van der Waals surface area contributed by atoms with Crippen LogP contribution in [0, 0.1) is 5.92 Å². The van der Waals surface area contributed by atoms with Gasteiger partial charge in [0.05, 0.1) is 11.2 Å². The lowest BCUT2D eigenvalue weighted by atomic mass is 9.95. The Balaban J connectivity index is 1.66. The fourth-order valence-electron chi connectivity index (χ4n) is 4.67. The molecule has 0 unspecified atom stereocenters. The molecule has 4 aromatic rings. The van der Waals surface area contributed by atoms with Gasteiger partial charge in [0.25, 0.3) is 10.0 Å². The van der Waals surface area contributed by atoms with Crippen LogP contribution in [-0.4, -0.2) is 30.5 Å². The lowest BCUT2D eigenvalue weighted by Gasteiger charge is -2.39. The molecule has 194 valence electrons. The molecule has 0 amide bonds. The largest absolute Gasteiger partial charge is 0.357 e. The molecular formula is C31H29ClN2O3S. The van der Waals surface area contributed by atoms with Crippen molar-refractivity contribution in [2.75, 3.05) is 6.61 Å². The van der Waals surface area contributed by atoms with Gasteiger partial charge in [0, 0.05) is 35.6 Å². The summed E-state index contributed by atoms with van der Waals surface area (Å²) in [5, 5.41) is 1.34. The Labute approximate surface area is 229 Å². The van der Waals surface area contributed by atoms with Gasteiger partial charge in [-0.3, -0.25) is 4.98 Å². The molecule has 3 aromatic carbocycles. The number of nitrogens with zero attached hydrogens (tertiary/aromatic N) is 2. The first-order valence-electron chi connectivity index (χ1n) is 12.7. The van der Waals surface area contributed by atoms with Gasteiger partial charge in [0.2, 0.25) is 0 Å². The van der Waals surface area contributed by atoms with Gasteiger partial charge in [0.1, 0.15) is 11.1 Å². The minimum absolute atomic E-state index is 0.0418. The summed E-state index contributed by atoms with van der Waals surface area (Å²) >= 11 is 6.19. The van der Waals surface area contributed by atoms with Crippen LogP contribution in [0.5, 0.6) is 0 Å². The van der Waals surface area contributed by atoms with Crippen molar-refractivity contribution in [1.29, 1.82) is 0 Å². The average Bonchev–Trinajstić information content (AvgIpc) is 2.95. The van der Waals surface area contributed by atoms with E-state index in [4.69, 9.17) is 16.3 Å². The Bertz CT molecular complexity index is 1560. The number of rotatable bonds is 8. The number of ether oxygens (including phenoxy) is 1. The van der Waals surface area contributed by atoms with Gasteiger partial charge in [-0.1, -0.05) is 97.4 Å². The molecule has 0 bridgehead atoms. The lowest BCUT2D eigenvalue weighted by molar-refractivity contribution is -0.0117. The summed E-state index contributed by atoms with van der Waals surface area (Å²) in [6.45, 7) is 2.45. The van der Waals surface area contributed by atoms with Crippen LogP contribution in [0.3, 0.4) is 0 Å². The summed E-state index contributed by atoms with van der Waals surface area (Å²) in [5.74, 6) is -0.0418. The third kappa shape index (κ3) is 5.53. The van der Waals surface area contributed by atoms with Crippen molar-refractivity contribution in [3.05, 3.63) is 119 Å². The molecule has 38 heavy (non-hydrogen) atoms.